The van der Waals surface area contributed by atoms with Crippen LogP contribution in [-0.4, -0.2) is 26.3 Å². The maximum absolute atomic E-state index is 12.9. The Kier molecular flexibility index (Phi) is 4.72. The summed E-state index contributed by atoms with van der Waals surface area (Å²) < 4.78 is 17.7. The van der Waals surface area contributed by atoms with E-state index in [4.69, 9.17) is 4.74 Å². The van der Waals surface area contributed by atoms with E-state index in [0.717, 1.165) is 5.56 Å². The highest BCUT2D eigenvalue weighted by molar-refractivity contribution is 5.89. The molecule has 0 unspecified atom stereocenters. The Bertz CT molecular complexity index is 369. The van der Waals surface area contributed by atoms with E-state index in [9.17, 15) is 9.18 Å². The second-order valence-electron chi connectivity index (χ2n) is 3.33. The third-order valence-corrected chi connectivity index (χ3v) is 2.04. The molecule has 0 aliphatic heterocycles. The predicted molar refractivity (Wildman–Crippen MR) is 60.0 cm³/mol. The van der Waals surface area contributed by atoms with Crippen LogP contribution in [0.15, 0.2) is 18.2 Å². The van der Waals surface area contributed by atoms with Crippen LogP contribution in [0.25, 0.3) is 0 Å². The van der Waals surface area contributed by atoms with Gasteiger partial charge in [0.15, 0.2) is 0 Å². The fraction of sp³-hybridized carbons (Fsp3) is 0.364. The number of aryl methyl sites for hydroxylation is 1. The van der Waals surface area contributed by atoms with E-state index in [1.807, 2.05) is 0 Å². The van der Waals surface area contributed by atoms with Crippen LogP contribution in [0.1, 0.15) is 5.56 Å². The summed E-state index contributed by atoms with van der Waals surface area (Å²) in [6, 6.07) is 3.88. The lowest BCUT2D eigenvalue weighted by atomic mass is 10.2. The average Bonchev–Trinajstić information content (AvgIpc) is 2.24. The molecule has 0 saturated carbocycles. The quantitative estimate of drug-likeness (QED) is 0.770. The number of ether oxygens (including phenoxy) is 1. The Morgan fingerprint density at radius 1 is 1.50 bits per heavy atom. The third-order valence-electron chi connectivity index (χ3n) is 2.04. The minimum absolute atomic E-state index is 0.370. The van der Waals surface area contributed by atoms with Gasteiger partial charge >= 0.3 is 6.03 Å². The topological polar surface area (TPSA) is 50.4 Å². The van der Waals surface area contributed by atoms with E-state index in [2.05, 4.69) is 10.6 Å². The highest BCUT2D eigenvalue weighted by Crippen LogP contribution is 2.15. The van der Waals surface area contributed by atoms with Gasteiger partial charge in [0.05, 0.1) is 6.61 Å². The first-order valence-corrected chi connectivity index (χ1v) is 4.93. The minimum atomic E-state index is -0.377. The smallest absolute Gasteiger partial charge is 0.319 e. The van der Waals surface area contributed by atoms with E-state index >= 15 is 0 Å². The number of nitrogens with one attached hydrogen (secondary N) is 2. The number of hydrogen-bond donors (Lipinski definition) is 2. The zero-order valence-corrected chi connectivity index (χ0v) is 9.34. The first-order chi connectivity index (χ1) is 7.63. The van der Waals surface area contributed by atoms with Crippen molar-refractivity contribution in [1.82, 2.24) is 5.32 Å². The molecular weight excluding hydrogens is 211 g/mol. The fourth-order valence-corrected chi connectivity index (χ4v) is 1.16. The molecule has 0 aromatic heterocycles. The van der Waals surface area contributed by atoms with Gasteiger partial charge in [-0.25, -0.2) is 9.18 Å². The van der Waals surface area contributed by atoms with Crippen LogP contribution in [0.3, 0.4) is 0 Å². The maximum atomic E-state index is 12.9. The number of benzene rings is 1. The van der Waals surface area contributed by atoms with E-state index in [-0.39, 0.29) is 11.8 Å². The molecule has 2 N–H and O–H groups in total. The number of urea groups is 1. The lowest BCUT2D eigenvalue weighted by molar-refractivity contribution is 0.198. The lowest BCUT2D eigenvalue weighted by Gasteiger charge is -2.09. The van der Waals surface area contributed by atoms with Gasteiger partial charge in [0, 0.05) is 19.3 Å². The number of hydrogen-bond acceptors (Lipinski definition) is 2. The monoisotopic (exact) mass is 226 g/mol. The summed E-state index contributed by atoms with van der Waals surface area (Å²) in [5.41, 5.74) is 1.28. The van der Waals surface area contributed by atoms with Crippen molar-refractivity contribution in [3.8, 4) is 0 Å². The Hall–Kier alpha value is -1.62. The molecule has 1 aromatic rings. The van der Waals surface area contributed by atoms with Crippen LogP contribution in [0.4, 0.5) is 14.9 Å². The van der Waals surface area contributed by atoms with Gasteiger partial charge in [0.1, 0.15) is 5.82 Å². The van der Waals surface area contributed by atoms with Crippen LogP contribution >= 0.6 is 0 Å². The first-order valence-electron chi connectivity index (χ1n) is 4.93. The summed E-state index contributed by atoms with van der Waals surface area (Å²) in [5, 5.41) is 5.15. The first kappa shape index (κ1) is 12.4. The Morgan fingerprint density at radius 3 is 2.94 bits per heavy atom. The molecule has 0 radical (unpaired) electrons. The molecule has 0 saturated heterocycles. The molecule has 0 heterocycles. The standard InChI is InChI=1S/C11H15FN2O2/c1-8-3-4-9(12)7-10(8)14-11(15)13-5-6-16-2/h3-4,7H,5-6H2,1-2H3,(H2,13,14,15). The van der Waals surface area contributed by atoms with Crippen LogP contribution in [0.5, 0.6) is 0 Å². The maximum Gasteiger partial charge on any atom is 0.319 e. The van der Waals surface area contributed by atoms with E-state index in [1.54, 1.807) is 20.1 Å². The average molecular weight is 226 g/mol. The summed E-state index contributed by atoms with van der Waals surface area (Å²) in [6.45, 7) is 2.65. The molecule has 0 bridgehead atoms. The number of anilines is 1. The zero-order valence-electron chi connectivity index (χ0n) is 9.34. The van der Waals surface area contributed by atoms with Gasteiger partial charge in [-0.1, -0.05) is 6.07 Å². The fourth-order valence-electron chi connectivity index (χ4n) is 1.16. The molecule has 5 heteroatoms. The number of carbonyl (C=O) groups excluding carboxylic acids is 1. The number of carbonyl (C=O) groups is 1. The Labute approximate surface area is 93.8 Å². The molecule has 0 atom stereocenters. The SMILES string of the molecule is COCCNC(=O)Nc1cc(F)ccc1C. The number of amides is 2. The van der Waals surface area contributed by atoms with Crippen molar-refractivity contribution in [2.24, 2.45) is 0 Å². The second-order valence-corrected chi connectivity index (χ2v) is 3.33. The van der Waals surface area contributed by atoms with Crippen LogP contribution in [0.2, 0.25) is 0 Å². The van der Waals surface area contributed by atoms with Crippen molar-refractivity contribution in [2.45, 2.75) is 6.92 Å². The van der Waals surface area contributed by atoms with E-state index < -0.39 is 0 Å². The van der Waals surface area contributed by atoms with Gasteiger partial charge in [-0.2, -0.15) is 0 Å². The molecule has 2 amide bonds. The summed E-state index contributed by atoms with van der Waals surface area (Å²) in [4.78, 5) is 11.4. The number of methoxy groups -OCH3 is 1. The number of rotatable bonds is 4. The zero-order chi connectivity index (χ0) is 12.0. The molecule has 88 valence electrons. The van der Waals surface area contributed by atoms with Gasteiger partial charge in [-0.05, 0) is 24.6 Å². The van der Waals surface area contributed by atoms with Crippen molar-refractivity contribution >= 4 is 11.7 Å². The molecule has 1 rings (SSSR count). The van der Waals surface area contributed by atoms with E-state index in [1.165, 1.54) is 12.1 Å². The molecule has 0 aliphatic rings. The van der Waals surface area contributed by atoms with Crippen LogP contribution in [0, 0.1) is 12.7 Å². The molecule has 0 aliphatic carbocycles. The summed E-state index contributed by atoms with van der Waals surface area (Å²) >= 11 is 0. The highest BCUT2D eigenvalue weighted by atomic mass is 19.1. The molecule has 16 heavy (non-hydrogen) atoms. The van der Waals surface area contributed by atoms with Gasteiger partial charge in [0.25, 0.3) is 0 Å². The van der Waals surface area contributed by atoms with Crippen molar-refractivity contribution in [1.29, 1.82) is 0 Å². The third kappa shape index (κ3) is 3.86. The Morgan fingerprint density at radius 2 is 2.25 bits per heavy atom. The molecule has 1 aromatic carbocycles. The van der Waals surface area contributed by atoms with E-state index in [0.29, 0.717) is 18.8 Å². The second kappa shape index (κ2) is 6.07. The molecule has 0 fully saturated rings. The summed E-state index contributed by atoms with van der Waals surface area (Å²) in [5.74, 6) is -0.377. The van der Waals surface area contributed by atoms with Crippen molar-refractivity contribution < 1.29 is 13.9 Å². The van der Waals surface area contributed by atoms with Gasteiger partial charge in [0.2, 0.25) is 0 Å². The lowest BCUT2D eigenvalue weighted by Crippen LogP contribution is -2.31. The molecule has 0 spiro atoms. The van der Waals surface area contributed by atoms with Crippen molar-refractivity contribution in [2.75, 3.05) is 25.6 Å². The molecule has 4 nitrogen and oxygen atoms in total. The van der Waals surface area contributed by atoms with Gasteiger partial charge in [-0.15, -0.1) is 0 Å². The molecular formula is C11H15FN2O2. The van der Waals surface area contributed by atoms with Gasteiger partial charge < -0.3 is 15.4 Å². The highest BCUT2D eigenvalue weighted by Gasteiger charge is 2.04. The van der Waals surface area contributed by atoms with Crippen molar-refractivity contribution in [3.05, 3.63) is 29.6 Å². The summed E-state index contributed by atoms with van der Waals surface area (Å²) in [7, 11) is 1.55. The normalized spacial score (nSPS) is 9.94. The van der Waals surface area contributed by atoms with Crippen molar-refractivity contribution in [3.63, 3.8) is 0 Å². The summed E-state index contributed by atoms with van der Waals surface area (Å²) in [6.07, 6.45) is 0. The van der Waals surface area contributed by atoms with Gasteiger partial charge in [-0.3, -0.25) is 0 Å². The number of halogens is 1. The largest absolute Gasteiger partial charge is 0.383 e. The van der Waals surface area contributed by atoms with Crippen LogP contribution in [-0.2, 0) is 4.74 Å². The Balaban J connectivity index is 2.52. The van der Waals surface area contributed by atoms with Crippen LogP contribution < -0.4 is 10.6 Å². The minimum Gasteiger partial charge on any atom is -0.383 e. The predicted octanol–water partition coefficient (Wildman–Crippen LogP) is 1.90.